The van der Waals surface area contributed by atoms with Crippen LogP contribution in [0.15, 0.2) is 36.4 Å². The van der Waals surface area contributed by atoms with Gasteiger partial charge < -0.3 is 34.1 Å². The second kappa shape index (κ2) is 14.2. The summed E-state index contributed by atoms with van der Waals surface area (Å²) in [6.07, 6.45) is -1.57. The van der Waals surface area contributed by atoms with Gasteiger partial charge in [-0.3, -0.25) is 19.2 Å². The Bertz CT molecular complexity index is 1510. The number of fused-ring (bicyclic) bond motifs is 3. The van der Waals surface area contributed by atoms with Crippen molar-refractivity contribution < 1.29 is 47.7 Å². The Labute approximate surface area is 260 Å². The number of nitrogens with zero attached hydrogens (tertiary/aromatic N) is 1. The summed E-state index contributed by atoms with van der Waals surface area (Å²) in [5.74, 6) is -2.53. The molecule has 1 heterocycles. The van der Waals surface area contributed by atoms with Crippen molar-refractivity contribution in [2.45, 2.75) is 66.2 Å². The molecule has 0 unspecified atom stereocenters. The number of benzene rings is 2. The minimum Gasteiger partial charge on any atom is -0.456 e. The van der Waals surface area contributed by atoms with Gasteiger partial charge in [-0.2, -0.15) is 0 Å². The molecule has 2 aromatic carbocycles. The lowest BCUT2D eigenvalue weighted by molar-refractivity contribution is -0.142. The fourth-order valence-electron chi connectivity index (χ4n) is 4.27. The highest BCUT2D eigenvalue weighted by molar-refractivity contribution is 6.13. The number of ether oxygens (including phenoxy) is 4. The fraction of sp³-hybridized carbons (Fsp3) is 0.438. The number of hydrogen-bond acceptors (Lipinski definition) is 10. The van der Waals surface area contributed by atoms with E-state index in [9.17, 15) is 28.8 Å². The molecule has 2 N–H and O–H groups in total. The highest BCUT2D eigenvalue weighted by atomic mass is 16.6. The zero-order valence-electron chi connectivity index (χ0n) is 26.5. The summed E-state index contributed by atoms with van der Waals surface area (Å²) in [7, 11) is 0. The average Bonchev–Trinajstić information content (AvgIpc) is 3.26. The maximum Gasteiger partial charge on any atom is 0.408 e. The zero-order valence-corrected chi connectivity index (χ0v) is 26.5. The van der Waals surface area contributed by atoms with Gasteiger partial charge in [-0.25, -0.2) is 9.59 Å². The molecular weight excluding hydrogens is 586 g/mol. The highest BCUT2D eigenvalue weighted by Gasteiger charge is 2.20. The molecule has 0 bridgehead atoms. The van der Waals surface area contributed by atoms with Crippen molar-refractivity contribution >= 4 is 57.5 Å². The number of amides is 2. The maximum atomic E-state index is 12.9. The minimum absolute atomic E-state index is 0.286. The van der Waals surface area contributed by atoms with Gasteiger partial charge in [-0.05, 0) is 84.9 Å². The first-order valence-corrected chi connectivity index (χ1v) is 14.3. The van der Waals surface area contributed by atoms with E-state index in [0.717, 1.165) is 11.0 Å². The Hall–Kier alpha value is -4.94. The molecule has 0 aliphatic carbocycles. The van der Waals surface area contributed by atoms with E-state index in [2.05, 4.69) is 10.6 Å². The summed E-state index contributed by atoms with van der Waals surface area (Å²) in [6, 6.07) is 10.1. The molecular formula is C32H39N3O10. The molecule has 0 spiro atoms. The second-order valence-electron chi connectivity index (χ2n) is 12.1. The van der Waals surface area contributed by atoms with E-state index in [1.165, 1.54) is 0 Å². The monoisotopic (exact) mass is 625 g/mol. The number of alkyl carbamates (subject to hydrolysis) is 2. The van der Waals surface area contributed by atoms with Crippen molar-refractivity contribution in [2.75, 3.05) is 26.3 Å². The van der Waals surface area contributed by atoms with Crippen molar-refractivity contribution in [3.05, 3.63) is 47.5 Å². The maximum absolute atomic E-state index is 12.9. The van der Waals surface area contributed by atoms with Crippen LogP contribution in [0.1, 0.15) is 69.2 Å². The zero-order chi connectivity index (χ0) is 33.5. The predicted molar refractivity (Wildman–Crippen MR) is 164 cm³/mol. The molecule has 0 atom stereocenters. The normalized spacial score (nSPS) is 11.5. The van der Waals surface area contributed by atoms with Crippen molar-refractivity contribution in [2.24, 2.45) is 0 Å². The molecule has 0 saturated heterocycles. The Morgan fingerprint density at radius 1 is 0.644 bits per heavy atom. The SMILES string of the molecule is CCn1c2ccc(C(=O)COC(=O)CNC(=O)OC(C)(C)C)cc2c2cc(C(=O)COC(=O)CNC(=O)OC(C)(C)C)ccc21. The third-order valence-corrected chi connectivity index (χ3v) is 6.11. The van der Waals surface area contributed by atoms with Crippen LogP contribution >= 0.6 is 0 Å². The number of aromatic nitrogens is 1. The molecule has 2 amide bonds. The second-order valence-corrected chi connectivity index (χ2v) is 12.1. The summed E-state index contributed by atoms with van der Waals surface area (Å²) in [6.45, 7) is 10.7. The van der Waals surface area contributed by atoms with Gasteiger partial charge in [0.05, 0.1) is 0 Å². The van der Waals surface area contributed by atoms with E-state index in [0.29, 0.717) is 17.3 Å². The number of nitrogens with one attached hydrogen (secondary N) is 2. The molecule has 242 valence electrons. The summed E-state index contributed by atoms with van der Waals surface area (Å²) in [5, 5.41) is 5.95. The van der Waals surface area contributed by atoms with Crippen LogP contribution in [0.25, 0.3) is 21.8 Å². The van der Waals surface area contributed by atoms with E-state index < -0.39 is 73.2 Å². The van der Waals surface area contributed by atoms with Gasteiger partial charge in [0, 0.05) is 39.5 Å². The Kier molecular flexibility index (Phi) is 10.9. The Morgan fingerprint density at radius 3 is 1.36 bits per heavy atom. The topological polar surface area (TPSA) is 168 Å². The van der Waals surface area contributed by atoms with Crippen LogP contribution in [-0.2, 0) is 35.1 Å². The van der Waals surface area contributed by atoms with Crippen LogP contribution in [0.2, 0.25) is 0 Å². The largest absolute Gasteiger partial charge is 0.456 e. The van der Waals surface area contributed by atoms with Crippen LogP contribution < -0.4 is 10.6 Å². The summed E-state index contributed by atoms with van der Waals surface area (Å²) in [4.78, 5) is 73.3. The smallest absolute Gasteiger partial charge is 0.408 e. The molecule has 13 nitrogen and oxygen atoms in total. The van der Waals surface area contributed by atoms with E-state index in [4.69, 9.17) is 18.9 Å². The van der Waals surface area contributed by atoms with Gasteiger partial charge in [-0.15, -0.1) is 0 Å². The molecule has 45 heavy (non-hydrogen) atoms. The summed E-state index contributed by atoms with van der Waals surface area (Å²) >= 11 is 0. The van der Waals surface area contributed by atoms with Crippen molar-refractivity contribution in [3.63, 3.8) is 0 Å². The van der Waals surface area contributed by atoms with E-state index >= 15 is 0 Å². The number of ketones is 2. The number of carbonyl (C=O) groups excluding carboxylic acids is 6. The summed E-state index contributed by atoms with van der Waals surface area (Å²) in [5.41, 5.74) is 0.764. The van der Waals surface area contributed by atoms with Crippen molar-refractivity contribution in [3.8, 4) is 0 Å². The molecule has 0 aliphatic heterocycles. The van der Waals surface area contributed by atoms with Gasteiger partial charge in [0.15, 0.2) is 24.8 Å². The van der Waals surface area contributed by atoms with Gasteiger partial charge in [-0.1, -0.05) is 0 Å². The summed E-state index contributed by atoms with van der Waals surface area (Å²) < 4.78 is 22.2. The van der Waals surface area contributed by atoms with Gasteiger partial charge in [0.25, 0.3) is 0 Å². The molecule has 3 aromatic rings. The predicted octanol–water partition coefficient (Wildman–Crippen LogP) is 4.32. The van der Waals surface area contributed by atoms with Gasteiger partial charge >= 0.3 is 24.1 Å². The number of Topliss-reactive ketones (excluding diaryl/α,β-unsaturated/α-hetero) is 2. The molecule has 0 fully saturated rings. The van der Waals surface area contributed by atoms with Gasteiger partial charge in [0.1, 0.15) is 24.3 Å². The Balaban J connectivity index is 1.68. The van der Waals surface area contributed by atoms with Crippen molar-refractivity contribution in [1.29, 1.82) is 0 Å². The highest BCUT2D eigenvalue weighted by Crippen LogP contribution is 2.31. The first-order valence-electron chi connectivity index (χ1n) is 14.3. The van der Waals surface area contributed by atoms with Gasteiger partial charge in [0.2, 0.25) is 0 Å². The van der Waals surface area contributed by atoms with Crippen LogP contribution in [0, 0.1) is 0 Å². The number of aryl methyl sites for hydroxylation is 1. The first-order chi connectivity index (χ1) is 21.0. The van der Waals surface area contributed by atoms with Crippen LogP contribution in [0.3, 0.4) is 0 Å². The molecule has 3 rings (SSSR count). The van der Waals surface area contributed by atoms with Crippen LogP contribution in [0.5, 0.6) is 0 Å². The molecule has 13 heteroatoms. The third kappa shape index (κ3) is 10.1. The molecule has 0 aliphatic rings. The Morgan fingerprint density at radius 2 is 1.02 bits per heavy atom. The lowest BCUT2D eigenvalue weighted by atomic mass is 10.0. The van der Waals surface area contributed by atoms with E-state index in [1.54, 1.807) is 77.9 Å². The lowest BCUT2D eigenvalue weighted by Crippen LogP contribution is -2.36. The van der Waals surface area contributed by atoms with Crippen molar-refractivity contribution in [1.82, 2.24) is 15.2 Å². The molecule has 0 radical (unpaired) electrons. The number of carbonyl (C=O) groups is 6. The number of rotatable bonds is 11. The van der Waals surface area contributed by atoms with E-state index in [1.807, 2.05) is 11.5 Å². The number of hydrogen-bond donors (Lipinski definition) is 2. The van der Waals surface area contributed by atoms with Crippen LogP contribution in [0.4, 0.5) is 9.59 Å². The lowest BCUT2D eigenvalue weighted by Gasteiger charge is -2.19. The standard InChI is InChI=1S/C32H39N3O10/c1-8-35-23-11-9-19(25(36)17-42-27(38)15-33-29(40)44-31(2,3)4)13-21(23)22-14-20(10-12-24(22)35)26(37)18-43-28(39)16-34-30(41)45-32(5,6)7/h9-14H,8,15-18H2,1-7H3,(H,33,40)(H,34,41). The average molecular weight is 626 g/mol. The number of esters is 2. The third-order valence-electron chi connectivity index (χ3n) is 6.11. The molecule has 0 saturated carbocycles. The fourth-order valence-corrected chi connectivity index (χ4v) is 4.27. The first kappa shape index (κ1) is 34.5. The quantitative estimate of drug-likeness (QED) is 0.178. The van der Waals surface area contributed by atoms with E-state index in [-0.39, 0.29) is 11.1 Å². The van der Waals surface area contributed by atoms with Crippen LogP contribution in [-0.4, -0.2) is 77.8 Å². The minimum atomic E-state index is -0.803. The molecule has 1 aromatic heterocycles.